The van der Waals surface area contributed by atoms with Gasteiger partial charge >= 0.3 is 24.8 Å². The maximum absolute atomic E-state index is 10.0. The number of allylic oxidation sites excluding steroid dienone is 4. The molecule has 0 aliphatic heterocycles. The Morgan fingerprint density at radius 2 is 1.36 bits per heavy atom. The molecule has 0 saturated heterocycles. The molecule has 0 spiro atoms. The zero-order chi connectivity index (χ0) is 21.0. The number of hydrogen-bond donors (Lipinski definition) is 1. The first-order valence-corrected chi connectivity index (χ1v) is 10.8. The van der Waals surface area contributed by atoms with Gasteiger partial charge < -0.3 is 5.11 Å². The van der Waals surface area contributed by atoms with Crippen LogP contribution in [-0.2, 0) is 25.4 Å². The third kappa shape index (κ3) is 7.74. The predicted molar refractivity (Wildman–Crippen MR) is 128 cm³/mol. The van der Waals surface area contributed by atoms with Crippen molar-refractivity contribution >= 4 is 55.3 Å². The first-order valence-electron chi connectivity index (χ1n) is 8.73. The van der Waals surface area contributed by atoms with Crippen LogP contribution >= 0.6 is 24.8 Å². The standard InChI is InChI=1S/C13H19OSi.C8H10Si.CH2.2ClH.Ti/c1-7-8(2)10(13(4,5)6)12(15)11(14)9(7)3;1-5-4-8(9)7(3)6(5)2;;;;/h14H,1-6H3;5H,1-3H3;1H2;2*1H;/q;-1;;;;+1. The van der Waals surface area contributed by atoms with Crippen molar-refractivity contribution in [2.75, 3.05) is 0 Å². The van der Waals surface area contributed by atoms with Gasteiger partial charge in [-0.3, -0.25) is 6.08 Å². The summed E-state index contributed by atoms with van der Waals surface area (Å²) in [6.45, 7) is 19.0. The molecule has 1 unspecified atom stereocenters. The summed E-state index contributed by atoms with van der Waals surface area (Å²) >= 11 is 1.75. The number of rotatable bonds is 0. The molecule has 153 valence electrons. The van der Waals surface area contributed by atoms with Crippen molar-refractivity contribution < 1.29 is 25.1 Å². The molecular weight excluding hydrogens is 455 g/mol. The van der Waals surface area contributed by atoms with Crippen LogP contribution < -0.4 is 5.19 Å². The second-order valence-electron chi connectivity index (χ2n) is 7.77. The average molecular weight is 488 g/mol. The molecule has 0 fully saturated rings. The van der Waals surface area contributed by atoms with Crippen LogP contribution in [0.25, 0.3) is 0 Å². The summed E-state index contributed by atoms with van der Waals surface area (Å²) in [5.41, 5.74) is 7.42. The fraction of sp³-hybridized carbons (Fsp3) is 0.500. The molecule has 6 heteroatoms. The number of phenolic OH excluding ortho intramolecular Hbond substituents is 1. The zero-order valence-corrected chi connectivity index (χ0v) is 23.7. The monoisotopic (exact) mass is 487 g/mol. The molecule has 28 heavy (non-hydrogen) atoms. The molecule has 0 amide bonds. The van der Waals surface area contributed by atoms with Crippen molar-refractivity contribution in [3.05, 3.63) is 44.7 Å². The number of aromatic hydroxyl groups is 1. The first kappa shape index (κ1) is 32.8. The zero-order valence-electron chi connectivity index (χ0n) is 18.5. The van der Waals surface area contributed by atoms with Crippen LogP contribution in [0.15, 0.2) is 16.3 Å². The van der Waals surface area contributed by atoms with Crippen molar-refractivity contribution in [3.8, 4) is 5.75 Å². The van der Waals surface area contributed by atoms with E-state index in [-0.39, 0.29) is 30.2 Å². The Bertz CT molecular complexity index is 706. The van der Waals surface area contributed by atoms with Crippen LogP contribution in [0.2, 0.25) is 0 Å². The summed E-state index contributed by atoms with van der Waals surface area (Å²) in [4.78, 5) is 3.25. The molecule has 1 aliphatic carbocycles. The Morgan fingerprint density at radius 1 is 0.929 bits per heavy atom. The fourth-order valence-corrected chi connectivity index (χ4v) is 4.20. The van der Waals surface area contributed by atoms with E-state index in [2.05, 4.69) is 86.8 Å². The third-order valence-corrected chi connectivity index (χ3v) is 6.08. The van der Waals surface area contributed by atoms with Gasteiger partial charge in [0.25, 0.3) is 0 Å². The van der Waals surface area contributed by atoms with Crippen LogP contribution in [0.1, 0.15) is 63.8 Å². The van der Waals surface area contributed by atoms with Crippen LogP contribution in [0, 0.1) is 32.8 Å². The molecule has 0 aromatic heterocycles. The van der Waals surface area contributed by atoms with Gasteiger partial charge in [0.15, 0.2) is 0 Å². The molecule has 0 heterocycles. The van der Waals surface area contributed by atoms with E-state index in [9.17, 15) is 5.11 Å². The van der Waals surface area contributed by atoms with Gasteiger partial charge in [-0.15, -0.1) is 31.7 Å². The Kier molecular flexibility index (Phi) is 15.7. The molecule has 2 rings (SSSR count). The van der Waals surface area contributed by atoms with Gasteiger partial charge in [-0.2, -0.15) is 5.57 Å². The summed E-state index contributed by atoms with van der Waals surface area (Å²) in [6, 6.07) is 0. The molecule has 1 aromatic carbocycles. The summed E-state index contributed by atoms with van der Waals surface area (Å²) in [6.07, 6.45) is 3.27. The van der Waals surface area contributed by atoms with E-state index in [1.54, 1.807) is 20.0 Å². The van der Waals surface area contributed by atoms with Crippen LogP contribution in [0.5, 0.6) is 5.75 Å². The number of benzene rings is 1. The minimum absolute atomic E-state index is 0. The van der Waals surface area contributed by atoms with Gasteiger partial charge in [0.05, 0.1) is 10.2 Å². The van der Waals surface area contributed by atoms with E-state index in [0.29, 0.717) is 11.7 Å². The fourth-order valence-electron chi connectivity index (χ4n) is 3.03. The summed E-state index contributed by atoms with van der Waals surface area (Å²) in [7, 11) is 7.04. The van der Waals surface area contributed by atoms with Crippen molar-refractivity contribution in [2.45, 2.75) is 67.7 Å². The average Bonchev–Trinajstić information content (AvgIpc) is 2.78. The predicted octanol–water partition coefficient (Wildman–Crippen LogP) is 5.05. The molecule has 6 radical (unpaired) electrons. The quantitative estimate of drug-likeness (QED) is 0.401. The molecule has 0 saturated carbocycles. The molecular formula is C22H33Cl2OSi2Ti. The first-order chi connectivity index (χ1) is 11.8. The van der Waals surface area contributed by atoms with Crippen molar-refractivity contribution in [1.82, 2.24) is 0 Å². The molecule has 1 nitrogen and oxygen atoms in total. The van der Waals surface area contributed by atoms with Crippen molar-refractivity contribution in [3.63, 3.8) is 0 Å². The van der Waals surface area contributed by atoms with Crippen LogP contribution in [-0.4, -0.2) is 30.4 Å². The Balaban J connectivity index is -0.000000416. The van der Waals surface area contributed by atoms with Gasteiger partial charge in [0, 0.05) is 10.2 Å². The minimum atomic E-state index is 0. The number of halogens is 2. The molecule has 1 aromatic rings. The van der Waals surface area contributed by atoms with E-state index in [1.165, 1.54) is 27.8 Å². The molecule has 0 bridgehead atoms. The topological polar surface area (TPSA) is 20.2 Å². The van der Waals surface area contributed by atoms with Gasteiger partial charge in [-0.25, -0.2) is 10.8 Å². The van der Waals surface area contributed by atoms with E-state index < -0.39 is 0 Å². The Morgan fingerprint density at radius 3 is 1.61 bits per heavy atom. The second kappa shape index (κ2) is 13.4. The van der Waals surface area contributed by atoms with E-state index in [4.69, 9.17) is 0 Å². The summed E-state index contributed by atoms with van der Waals surface area (Å²) in [5, 5.41) is 12.0. The Hall–Kier alpha value is 0.0981. The Labute approximate surface area is 203 Å². The number of phenols is 1. The number of hydrogen-bond acceptors (Lipinski definition) is 1. The summed E-state index contributed by atoms with van der Waals surface area (Å²) in [5.74, 6) is 0.886. The molecule has 1 aliphatic rings. The molecule has 1 N–H and O–H groups in total. The normalized spacial score (nSPS) is 15.3. The van der Waals surface area contributed by atoms with Crippen LogP contribution in [0.4, 0.5) is 0 Å². The molecule has 1 atom stereocenters. The third-order valence-electron chi connectivity index (χ3n) is 5.07. The van der Waals surface area contributed by atoms with Crippen molar-refractivity contribution in [1.29, 1.82) is 0 Å². The second-order valence-corrected chi connectivity index (χ2v) is 8.77. The maximum atomic E-state index is 10.0. The SMILES string of the molecule is CC1=C(C)C(C)[C-]=C1[Si].Cc1c(C)c(O)c([Si])c(C(C)(C)C)c1C.Cl.Cl.[CH2]=[Ti+]. The van der Waals surface area contributed by atoms with Gasteiger partial charge in [-0.1, -0.05) is 40.5 Å². The van der Waals surface area contributed by atoms with E-state index in [1.807, 2.05) is 6.92 Å². The summed E-state index contributed by atoms with van der Waals surface area (Å²) < 4.78 is 0. The van der Waals surface area contributed by atoms with Gasteiger partial charge in [-0.05, 0) is 53.6 Å². The van der Waals surface area contributed by atoms with Gasteiger partial charge in [0.1, 0.15) is 5.75 Å². The van der Waals surface area contributed by atoms with E-state index >= 15 is 0 Å². The van der Waals surface area contributed by atoms with Crippen LogP contribution in [0.3, 0.4) is 0 Å². The van der Waals surface area contributed by atoms with E-state index in [0.717, 1.165) is 15.9 Å². The van der Waals surface area contributed by atoms with Gasteiger partial charge in [0.2, 0.25) is 0 Å². The van der Waals surface area contributed by atoms with Crippen molar-refractivity contribution in [2.24, 2.45) is 5.92 Å².